The molecule has 8 heterocycles. The Morgan fingerprint density at radius 2 is 0.464 bits per heavy atom. The van der Waals surface area contributed by atoms with Crippen LogP contribution < -0.4 is 0 Å². The molecule has 16 atom stereocenters. The molecule has 32 nitrogen and oxygen atoms in total. The topological polar surface area (TPSA) is 423 Å². The van der Waals surface area contributed by atoms with E-state index in [-0.39, 0.29) is 23.7 Å². The van der Waals surface area contributed by atoms with E-state index in [9.17, 15) is 58.8 Å². The number of carboxylic acid groups (broad SMARTS) is 4. The molecular formula is C100H92Cl8N12O20. The molecule has 12 aromatic rings. The third-order valence-electron chi connectivity index (χ3n) is 25.4. The summed E-state index contributed by atoms with van der Waals surface area (Å²) in [6.45, 7) is 6.78. The van der Waals surface area contributed by atoms with Crippen LogP contribution in [0.25, 0.3) is 0 Å². The lowest BCUT2D eigenvalue weighted by Gasteiger charge is -2.47. The van der Waals surface area contributed by atoms with Crippen LogP contribution in [0.1, 0.15) is 241 Å². The number of benzene rings is 8. The highest BCUT2D eigenvalue weighted by atomic mass is 35.5. The van der Waals surface area contributed by atoms with E-state index in [1.54, 1.807) is 169 Å². The van der Waals surface area contributed by atoms with E-state index in [2.05, 4.69) is 40.8 Å². The first-order chi connectivity index (χ1) is 67.3. The number of carbonyl (C=O) groups is 8. The lowest BCUT2D eigenvalue weighted by atomic mass is 9.89. The van der Waals surface area contributed by atoms with E-state index in [1.165, 1.54) is 0 Å². The molecule has 4 saturated heterocycles. The molecule has 728 valence electrons. The molecule has 0 spiro atoms. The van der Waals surface area contributed by atoms with Gasteiger partial charge in [0.25, 0.3) is 23.6 Å². The summed E-state index contributed by atoms with van der Waals surface area (Å²) in [5.41, 5.74) is 6.02. The molecule has 4 aliphatic heterocycles. The molecule has 0 unspecified atom stereocenters. The van der Waals surface area contributed by atoms with Crippen molar-refractivity contribution in [2.45, 2.75) is 202 Å². The molecule has 8 fully saturated rings. The van der Waals surface area contributed by atoms with Crippen molar-refractivity contribution in [3.8, 4) is 0 Å². The Hall–Kier alpha value is -11.8. The summed E-state index contributed by atoms with van der Waals surface area (Å²) in [6, 6.07) is 52.9. The molecule has 140 heavy (non-hydrogen) atoms. The van der Waals surface area contributed by atoms with Crippen molar-refractivity contribution >= 4 is 140 Å². The Morgan fingerprint density at radius 3 is 0.614 bits per heavy atom. The third kappa shape index (κ3) is 23.2. The van der Waals surface area contributed by atoms with Crippen molar-refractivity contribution in [2.75, 3.05) is 0 Å². The molecule has 0 radical (unpaired) electrons. The number of aryl methyl sites for hydroxylation is 4. The number of aromatic nitrogens is 8. The summed E-state index contributed by atoms with van der Waals surface area (Å²) in [6.07, 6.45) is -2.34. The molecule has 0 bridgehead atoms. The Labute approximate surface area is 841 Å². The van der Waals surface area contributed by atoms with Gasteiger partial charge in [0, 0.05) is 67.9 Å². The van der Waals surface area contributed by atoms with Crippen LogP contribution in [-0.4, -0.2) is 153 Å². The Morgan fingerprint density at radius 1 is 0.279 bits per heavy atom. The average Bonchev–Trinajstić information content (AvgIpc) is 1.32. The number of ether oxygens (including phenoxy) is 4. The van der Waals surface area contributed by atoms with E-state index < -0.39 is 170 Å². The summed E-state index contributed by atoms with van der Waals surface area (Å²) >= 11 is 49.9. The van der Waals surface area contributed by atoms with Gasteiger partial charge in [-0.25, -0.2) is 0 Å². The number of hydrogen-bond donors (Lipinski definition) is 4. The Balaban J connectivity index is 0.000000129. The highest BCUT2D eigenvalue weighted by Gasteiger charge is 2.58. The average molecular weight is 2070 g/mol. The first-order valence-corrected chi connectivity index (χ1v) is 48.3. The van der Waals surface area contributed by atoms with Crippen LogP contribution in [0.15, 0.2) is 212 Å². The van der Waals surface area contributed by atoms with Crippen molar-refractivity contribution in [3.05, 3.63) is 326 Å². The van der Waals surface area contributed by atoms with Crippen molar-refractivity contribution in [1.82, 2.24) is 60.4 Å². The Bertz CT molecular complexity index is 5750. The predicted molar refractivity (Wildman–Crippen MR) is 507 cm³/mol. The number of carbonyl (C=O) groups excluding carboxylic acids is 4. The number of aliphatic carboxylic acids is 4. The zero-order valence-electron chi connectivity index (χ0n) is 75.2. The van der Waals surface area contributed by atoms with Crippen LogP contribution in [0.3, 0.4) is 0 Å². The molecule has 20 rings (SSSR count). The molecule has 8 aliphatic rings. The third-order valence-corrected chi connectivity index (χ3v) is 27.3. The Kier molecular flexibility index (Phi) is 30.9. The van der Waals surface area contributed by atoms with Gasteiger partial charge in [0.2, 0.25) is 47.1 Å². The molecule has 40 heteroatoms. The minimum absolute atomic E-state index is 0.109. The van der Waals surface area contributed by atoms with Gasteiger partial charge in [-0.15, -0.1) is 40.8 Å². The molecule has 4 N–H and O–H groups in total. The maximum Gasteiger partial charge on any atom is 0.306 e. The summed E-state index contributed by atoms with van der Waals surface area (Å²) in [5.74, 6) is -2.92. The van der Waals surface area contributed by atoms with E-state index in [0.29, 0.717) is 87.3 Å². The van der Waals surface area contributed by atoms with Gasteiger partial charge in [-0.2, -0.15) is 0 Å². The van der Waals surface area contributed by atoms with Gasteiger partial charge in [-0.05, 0) is 217 Å². The van der Waals surface area contributed by atoms with E-state index in [1.807, 2.05) is 72.8 Å². The van der Waals surface area contributed by atoms with Gasteiger partial charge in [-0.1, -0.05) is 190 Å². The number of rotatable bonds is 28. The summed E-state index contributed by atoms with van der Waals surface area (Å²) in [7, 11) is 0. The van der Waals surface area contributed by atoms with Gasteiger partial charge < -0.3 is 76.6 Å². The summed E-state index contributed by atoms with van der Waals surface area (Å²) < 4.78 is 48.2. The van der Waals surface area contributed by atoms with E-state index in [4.69, 9.17) is 129 Å². The van der Waals surface area contributed by atoms with Crippen LogP contribution in [0.2, 0.25) is 40.2 Å². The van der Waals surface area contributed by atoms with Crippen LogP contribution in [0.5, 0.6) is 0 Å². The molecule has 8 aromatic carbocycles. The monoisotopic (exact) mass is 2060 g/mol. The number of hydrogen-bond acceptors (Lipinski definition) is 24. The van der Waals surface area contributed by atoms with Crippen molar-refractivity contribution in [3.63, 3.8) is 0 Å². The first kappa shape index (κ1) is 99.8. The van der Waals surface area contributed by atoms with Gasteiger partial charge in [0.1, 0.15) is 73.0 Å². The number of carboxylic acids is 4. The normalized spacial score (nSPS) is 23.3. The lowest BCUT2D eigenvalue weighted by molar-refractivity contribution is -0.185. The number of amides is 4. The minimum atomic E-state index is -1.19. The fourth-order valence-electron chi connectivity index (χ4n) is 18.8. The van der Waals surface area contributed by atoms with Crippen molar-refractivity contribution in [2.24, 2.45) is 23.7 Å². The lowest BCUT2D eigenvalue weighted by Crippen LogP contribution is -2.53. The fraction of sp³-hybridized carbons (Fsp3) is 0.360. The van der Waals surface area contributed by atoms with Crippen LogP contribution >= 0.6 is 92.8 Å². The molecular weight excluding hydrogens is 1970 g/mol. The first-order valence-electron chi connectivity index (χ1n) is 45.3. The molecule has 4 aliphatic carbocycles. The van der Waals surface area contributed by atoms with Gasteiger partial charge in [0.15, 0.2) is 0 Å². The zero-order valence-corrected chi connectivity index (χ0v) is 81.3. The fourth-order valence-corrected chi connectivity index (χ4v) is 20.1. The maximum atomic E-state index is 13.9. The van der Waals surface area contributed by atoms with E-state index in [0.717, 1.165) is 95.9 Å². The standard InChI is InChI=1S/4C25H23Cl2N3O5/c4*1-13-28-29-24(34-13)22(15-5-6-15)30-21(14-7-9-17(26)10-8-14)23(16-3-2-4-18(27)11-16)35-19(25(30)33)12-20(31)32/h4*2-4,7-11,15,19,21-23H,5-6,12H2,1H3,(H,31,32)/t2*19-,21+,22+,23-;2*19-,21+,22-,23-/m1010/s1. The van der Waals surface area contributed by atoms with Crippen molar-refractivity contribution < 1.29 is 95.4 Å². The van der Waals surface area contributed by atoms with Crippen LogP contribution in [0, 0.1) is 51.4 Å². The van der Waals surface area contributed by atoms with Crippen LogP contribution in [-0.2, 0) is 57.3 Å². The van der Waals surface area contributed by atoms with Crippen LogP contribution in [0.4, 0.5) is 0 Å². The second-order valence-corrected chi connectivity index (χ2v) is 39.0. The zero-order chi connectivity index (χ0) is 98.8. The quantitative estimate of drug-likeness (QED) is 0.0354. The SMILES string of the molecule is Cc1nnc([C@@H](C2CC2)N2C(=O)[C@@H](CC(=O)O)O[C@H](c3cccc(Cl)c3)[C@@H]2c2ccc(Cl)cc2)o1.Cc1nnc([C@@H](C2CC2)N2C(=O)[C@H](CC(=O)O)O[C@@H](c3cccc(Cl)c3)[C@H]2c2ccc(Cl)cc2)o1.Cc1nnc([C@H](C2CC2)N2C(=O)[C@@H](CC(=O)O)O[C@H](c3cccc(Cl)c3)[C@@H]2c2ccc(Cl)cc2)o1.Cc1nnc([C@H](C2CC2)N2C(=O)[C@H](CC(=O)O)O[C@@H](c3cccc(Cl)c3)[C@H]2c2ccc(Cl)cc2)o1. The second kappa shape index (κ2) is 43.4. The van der Waals surface area contributed by atoms with Gasteiger partial charge in [0.05, 0.1) is 49.9 Å². The number of halogens is 8. The number of morpholine rings is 4. The summed E-state index contributed by atoms with van der Waals surface area (Å²) in [5, 5.41) is 75.3. The van der Waals surface area contributed by atoms with Crippen molar-refractivity contribution in [1.29, 1.82) is 0 Å². The highest BCUT2D eigenvalue weighted by molar-refractivity contribution is 6.32. The van der Waals surface area contributed by atoms with E-state index >= 15 is 0 Å². The summed E-state index contributed by atoms with van der Waals surface area (Å²) in [4.78, 5) is 109. The van der Waals surface area contributed by atoms with Gasteiger partial charge >= 0.3 is 23.9 Å². The number of nitrogens with zero attached hydrogens (tertiary/aromatic N) is 12. The molecule has 4 amide bonds. The van der Waals surface area contributed by atoms with Gasteiger partial charge in [-0.3, -0.25) is 38.4 Å². The maximum absolute atomic E-state index is 13.9. The highest BCUT2D eigenvalue weighted by Crippen LogP contribution is 2.59. The molecule has 4 saturated carbocycles. The predicted octanol–water partition coefficient (Wildman–Crippen LogP) is 21.3. The smallest absolute Gasteiger partial charge is 0.306 e. The second-order valence-electron chi connectivity index (χ2n) is 35.5. The minimum Gasteiger partial charge on any atom is -0.481 e. The largest absolute Gasteiger partial charge is 0.481 e. The molecule has 4 aromatic heterocycles.